The molecular formula is C29H29FN4O2. The van der Waals surface area contributed by atoms with Crippen molar-refractivity contribution in [1.29, 1.82) is 0 Å². The molecule has 0 bridgehead atoms. The van der Waals surface area contributed by atoms with Crippen LogP contribution in [0, 0.1) is 18.2 Å². The molecule has 184 valence electrons. The van der Waals surface area contributed by atoms with Gasteiger partial charge in [-0.3, -0.25) is 10.2 Å². The van der Waals surface area contributed by atoms with E-state index in [2.05, 4.69) is 21.6 Å². The molecule has 1 amide bonds. The van der Waals surface area contributed by atoms with Gasteiger partial charge < -0.3 is 10.1 Å². The molecule has 2 N–H and O–H groups in total. The van der Waals surface area contributed by atoms with Gasteiger partial charge in [-0.25, -0.2) is 14.1 Å². The number of amides is 1. The fourth-order valence-electron chi connectivity index (χ4n) is 3.77. The quantitative estimate of drug-likeness (QED) is 0.307. The van der Waals surface area contributed by atoms with E-state index in [9.17, 15) is 4.79 Å². The van der Waals surface area contributed by atoms with Gasteiger partial charge in [-0.15, -0.1) is 6.42 Å². The Morgan fingerprint density at radius 3 is 2.58 bits per heavy atom. The molecule has 0 saturated heterocycles. The number of carbonyl (C=O) groups is 1. The van der Waals surface area contributed by atoms with Gasteiger partial charge in [0.1, 0.15) is 5.82 Å². The summed E-state index contributed by atoms with van der Waals surface area (Å²) in [6.07, 6.45) is 5.19. The van der Waals surface area contributed by atoms with Crippen molar-refractivity contribution in [3.8, 4) is 23.5 Å². The molecule has 1 aromatic heterocycles. The van der Waals surface area contributed by atoms with Crippen molar-refractivity contribution >= 4 is 22.9 Å². The molecule has 0 spiro atoms. The zero-order chi connectivity index (χ0) is 25.7. The van der Waals surface area contributed by atoms with Crippen molar-refractivity contribution in [2.24, 2.45) is 0 Å². The van der Waals surface area contributed by atoms with Crippen LogP contribution in [0.1, 0.15) is 38.3 Å². The van der Waals surface area contributed by atoms with Gasteiger partial charge in [0, 0.05) is 12.1 Å². The summed E-state index contributed by atoms with van der Waals surface area (Å²) in [5, 5.41) is 3.14. The first-order valence-electron chi connectivity index (χ1n) is 11.7. The van der Waals surface area contributed by atoms with Crippen LogP contribution in [0.3, 0.4) is 0 Å². The van der Waals surface area contributed by atoms with Crippen LogP contribution in [0.15, 0.2) is 66.7 Å². The van der Waals surface area contributed by atoms with Crippen molar-refractivity contribution in [2.75, 3.05) is 10.7 Å². The predicted octanol–water partition coefficient (Wildman–Crippen LogP) is 5.86. The highest BCUT2D eigenvalue weighted by atomic mass is 19.1. The van der Waals surface area contributed by atoms with Crippen molar-refractivity contribution in [3.63, 3.8) is 0 Å². The van der Waals surface area contributed by atoms with Gasteiger partial charge in [0.2, 0.25) is 5.95 Å². The summed E-state index contributed by atoms with van der Waals surface area (Å²) in [4.78, 5) is 16.7. The molecule has 3 aromatic carbocycles. The number of para-hydroxylation sites is 2. The predicted molar refractivity (Wildman–Crippen MR) is 141 cm³/mol. The molecule has 4 rings (SSSR count). The minimum absolute atomic E-state index is 0.0652. The Hall–Kier alpha value is -4.15. The Bertz CT molecular complexity index is 1430. The van der Waals surface area contributed by atoms with Crippen LogP contribution in [0.25, 0.3) is 22.2 Å². The monoisotopic (exact) mass is 484 g/mol. The number of aromatic nitrogens is 2. The van der Waals surface area contributed by atoms with E-state index in [0.717, 1.165) is 16.7 Å². The number of nitrogens with one attached hydrogen (secondary N) is 2. The van der Waals surface area contributed by atoms with Crippen LogP contribution in [0.4, 0.5) is 10.3 Å². The van der Waals surface area contributed by atoms with Crippen molar-refractivity contribution < 1.29 is 13.9 Å². The number of rotatable bonds is 8. The van der Waals surface area contributed by atoms with E-state index < -0.39 is 0 Å². The van der Waals surface area contributed by atoms with Crippen LogP contribution < -0.4 is 10.7 Å². The van der Waals surface area contributed by atoms with Gasteiger partial charge in [-0.1, -0.05) is 54.5 Å². The van der Waals surface area contributed by atoms with Crippen LogP contribution in [0.2, 0.25) is 0 Å². The molecule has 4 aromatic rings. The summed E-state index contributed by atoms with van der Waals surface area (Å²) in [7, 11) is 0. The molecule has 0 aliphatic heterocycles. The van der Waals surface area contributed by atoms with Gasteiger partial charge in [-0.05, 0) is 55.7 Å². The number of ether oxygens (including phenoxy) is 1. The smallest absolute Gasteiger partial charge is 0.250 e. The lowest BCUT2D eigenvalue weighted by Gasteiger charge is -2.21. The number of anilines is 1. The van der Waals surface area contributed by atoms with E-state index in [-0.39, 0.29) is 30.3 Å². The van der Waals surface area contributed by atoms with Crippen molar-refractivity contribution in [2.45, 2.75) is 45.9 Å². The summed E-state index contributed by atoms with van der Waals surface area (Å²) in [6.45, 7) is 6.63. The third-order valence-corrected chi connectivity index (χ3v) is 5.54. The molecule has 6 nitrogen and oxygen atoms in total. The van der Waals surface area contributed by atoms with E-state index in [1.54, 1.807) is 6.07 Å². The summed E-state index contributed by atoms with van der Waals surface area (Å²) in [6, 6.07) is 20.4. The Balaban J connectivity index is 1.55. The second kappa shape index (κ2) is 10.6. The minimum Gasteiger partial charge on any atom is -0.371 e. The lowest BCUT2D eigenvalue weighted by Crippen LogP contribution is -2.24. The molecule has 0 unspecified atom stereocenters. The fraction of sp³-hybridized carbons (Fsp3) is 0.241. The number of hydrogen-bond donors (Lipinski definition) is 2. The molecule has 0 saturated carbocycles. The Kier molecular flexibility index (Phi) is 7.37. The molecule has 0 aliphatic rings. The number of benzene rings is 3. The number of nitrogens with zero attached hydrogens (tertiary/aromatic N) is 2. The summed E-state index contributed by atoms with van der Waals surface area (Å²) >= 11 is 0. The van der Waals surface area contributed by atoms with Crippen molar-refractivity contribution in [1.82, 2.24) is 9.66 Å². The molecule has 0 radical (unpaired) electrons. The van der Waals surface area contributed by atoms with E-state index in [1.807, 2.05) is 75.4 Å². The minimum atomic E-state index is -0.342. The molecule has 1 heterocycles. The van der Waals surface area contributed by atoms with E-state index in [0.29, 0.717) is 29.2 Å². The Morgan fingerprint density at radius 2 is 1.83 bits per heavy atom. The average Bonchev–Trinajstić information content (AvgIpc) is 3.19. The number of fused-ring (bicyclic) bond motifs is 1. The largest absolute Gasteiger partial charge is 0.371 e. The summed E-state index contributed by atoms with van der Waals surface area (Å²) in [5.41, 5.74) is 7.03. The summed E-state index contributed by atoms with van der Waals surface area (Å²) in [5.74, 6) is 2.03. The SMILES string of the molecule is C#CCC(=O)Nn1c(NCc2ccc(-c3ccccc3COC(C)(C)C)cc2F)nc2ccccc21. The molecule has 7 heteroatoms. The maximum Gasteiger partial charge on any atom is 0.250 e. The first-order chi connectivity index (χ1) is 17.2. The third kappa shape index (κ3) is 5.91. The number of hydrogen-bond acceptors (Lipinski definition) is 4. The number of imidazole rings is 1. The molecule has 0 fully saturated rings. The van der Waals surface area contributed by atoms with Crippen LogP contribution in [0.5, 0.6) is 0 Å². The molecular weight excluding hydrogens is 455 g/mol. The lowest BCUT2D eigenvalue weighted by atomic mass is 9.98. The standard InChI is InChI=1S/C29H29FN4O2/c1-5-10-27(35)33-34-26-14-9-8-13-25(26)32-28(34)31-18-21-16-15-20(17-24(21)30)23-12-7-6-11-22(23)19-36-29(2,3)4/h1,6-9,11-17H,10,18-19H2,2-4H3,(H,31,32)(H,33,35). The van der Waals surface area contributed by atoms with Gasteiger partial charge in [0.15, 0.2) is 0 Å². The summed E-state index contributed by atoms with van der Waals surface area (Å²) < 4.78 is 22.6. The molecule has 36 heavy (non-hydrogen) atoms. The van der Waals surface area contributed by atoms with Crippen LogP contribution in [-0.2, 0) is 22.7 Å². The van der Waals surface area contributed by atoms with Crippen LogP contribution >= 0.6 is 0 Å². The third-order valence-electron chi connectivity index (χ3n) is 5.54. The van der Waals surface area contributed by atoms with Crippen LogP contribution in [-0.4, -0.2) is 21.2 Å². The lowest BCUT2D eigenvalue weighted by molar-refractivity contribution is -0.116. The van der Waals surface area contributed by atoms with Gasteiger partial charge >= 0.3 is 0 Å². The topological polar surface area (TPSA) is 68.2 Å². The first kappa shape index (κ1) is 25.0. The highest BCUT2D eigenvalue weighted by molar-refractivity contribution is 5.89. The highest BCUT2D eigenvalue weighted by Gasteiger charge is 2.15. The molecule has 0 aliphatic carbocycles. The normalized spacial score (nSPS) is 11.3. The zero-order valence-corrected chi connectivity index (χ0v) is 20.6. The zero-order valence-electron chi connectivity index (χ0n) is 20.6. The second-order valence-corrected chi connectivity index (χ2v) is 9.39. The van der Waals surface area contributed by atoms with Crippen molar-refractivity contribution in [3.05, 3.63) is 83.7 Å². The number of halogens is 1. The van der Waals surface area contributed by atoms with E-state index >= 15 is 4.39 Å². The van der Waals surface area contributed by atoms with Gasteiger partial charge in [-0.2, -0.15) is 0 Å². The second-order valence-electron chi connectivity index (χ2n) is 9.39. The first-order valence-corrected chi connectivity index (χ1v) is 11.7. The average molecular weight is 485 g/mol. The fourth-order valence-corrected chi connectivity index (χ4v) is 3.77. The van der Waals surface area contributed by atoms with E-state index in [4.69, 9.17) is 11.2 Å². The maximum atomic E-state index is 15.2. The number of carbonyl (C=O) groups excluding carboxylic acids is 1. The maximum absolute atomic E-state index is 15.2. The highest BCUT2D eigenvalue weighted by Crippen LogP contribution is 2.28. The van der Waals surface area contributed by atoms with E-state index in [1.165, 1.54) is 10.7 Å². The Labute approximate surface area is 210 Å². The Morgan fingerprint density at radius 1 is 1.08 bits per heavy atom. The number of terminal acetylenes is 1. The van der Waals surface area contributed by atoms with Gasteiger partial charge in [0.25, 0.3) is 5.91 Å². The molecule has 0 atom stereocenters. The van der Waals surface area contributed by atoms with Gasteiger partial charge in [0.05, 0.1) is 29.7 Å².